The maximum absolute atomic E-state index is 12.4. The number of aromatic amines is 1. The molecule has 0 saturated heterocycles. The van der Waals surface area contributed by atoms with Gasteiger partial charge in [-0.25, -0.2) is 4.98 Å². The van der Waals surface area contributed by atoms with Crippen molar-refractivity contribution in [2.24, 2.45) is 0 Å². The Balaban J connectivity index is 1.31. The molecule has 7 nitrogen and oxygen atoms in total. The second-order valence-electron chi connectivity index (χ2n) is 8.21. The maximum atomic E-state index is 12.4. The molecule has 0 fully saturated rings. The number of nitrogens with zero attached hydrogens (tertiary/aromatic N) is 3. The summed E-state index contributed by atoms with van der Waals surface area (Å²) in [5.41, 5.74) is 8.61. The number of fused-ring (bicyclic) bond motifs is 1. The third-order valence-corrected chi connectivity index (χ3v) is 6.30. The normalized spacial score (nSPS) is 11.3. The molecule has 2 heterocycles. The van der Waals surface area contributed by atoms with Crippen molar-refractivity contribution in [3.8, 4) is 0 Å². The third kappa shape index (κ3) is 5.02. The van der Waals surface area contributed by atoms with Crippen LogP contribution in [0.3, 0.4) is 0 Å². The van der Waals surface area contributed by atoms with Crippen LogP contribution in [0, 0.1) is 34.6 Å². The lowest BCUT2D eigenvalue weighted by Gasteiger charge is -2.12. The summed E-state index contributed by atoms with van der Waals surface area (Å²) in [7, 11) is 0. The van der Waals surface area contributed by atoms with Gasteiger partial charge in [0, 0.05) is 18.5 Å². The van der Waals surface area contributed by atoms with E-state index >= 15 is 0 Å². The molecule has 0 bridgehead atoms. The maximum Gasteiger partial charge on any atom is 0.227 e. The monoisotopic (exact) mass is 449 g/mol. The molecule has 32 heavy (non-hydrogen) atoms. The zero-order valence-electron chi connectivity index (χ0n) is 19.0. The van der Waals surface area contributed by atoms with Crippen LogP contribution in [-0.2, 0) is 17.0 Å². The molecule has 2 aromatic heterocycles. The number of rotatable bonds is 7. The Labute approximate surface area is 191 Å². The number of nitrogens with one attached hydrogen (secondary N) is 2. The molecule has 166 valence electrons. The van der Waals surface area contributed by atoms with Gasteiger partial charge in [-0.05, 0) is 69.0 Å². The molecule has 0 aliphatic heterocycles. The van der Waals surface area contributed by atoms with E-state index in [1.54, 1.807) is 0 Å². The van der Waals surface area contributed by atoms with Crippen molar-refractivity contribution in [3.63, 3.8) is 0 Å². The molecule has 0 radical (unpaired) electrons. The lowest BCUT2D eigenvalue weighted by molar-refractivity contribution is -0.116. The fourth-order valence-corrected chi connectivity index (χ4v) is 4.43. The Morgan fingerprint density at radius 2 is 1.72 bits per heavy atom. The predicted molar refractivity (Wildman–Crippen MR) is 127 cm³/mol. The highest BCUT2D eigenvalue weighted by Gasteiger charge is 2.13. The Hall–Kier alpha value is -3.13. The van der Waals surface area contributed by atoms with E-state index in [1.807, 2.05) is 20.8 Å². The minimum atomic E-state index is -0.0676. The highest BCUT2D eigenvalue weighted by Crippen LogP contribution is 2.25. The molecular weight excluding hydrogens is 422 g/mol. The molecule has 0 unspecified atom stereocenters. The van der Waals surface area contributed by atoms with Crippen LogP contribution in [-0.4, -0.2) is 26.0 Å². The van der Waals surface area contributed by atoms with E-state index in [2.05, 4.69) is 63.5 Å². The Morgan fingerprint density at radius 1 is 1.00 bits per heavy atom. The van der Waals surface area contributed by atoms with Crippen LogP contribution < -0.4 is 5.32 Å². The van der Waals surface area contributed by atoms with Gasteiger partial charge in [0.15, 0.2) is 11.0 Å². The number of carbonyl (C=O) groups is 1. The zero-order chi connectivity index (χ0) is 22.8. The van der Waals surface area contributed by atoms with E-state index in [0.29, 0.717) is 23.9 Å². The number of H-pyrrole nitrogens is 1. The third-order valence-electron chi connectivity index (χ3n) is 5.43. The van der Waals surface area contributed by atoms with Gasteiger partial charge < -0.3 is 14.8 Å². The number of anilines is 1. The van der Waals surface area contributed by atoms with E-state index in [1.165, 1.54) is 28.5 Å². The molecule has 4 rings (SSSR count). The standard InChI is InChI=1S/C24H27N5O2S/c1-13-8-16(4)23(17(5)9-13)28-21(30)6-7-22-27-20(29-31-22)12-32-24-25-18-10-14(2)15(3)11-19(18)26-24/h8-11H,6-7,12H2,1-5H3,(H,25,26)(H,28,30). The molecule has 0 saturated carbocycles. The second-order valence-corrected chi connectivity index (χ2v) is 9.17. The number of thioether (sulfide) groups is 1. The summed E-state index contributed by atoms with van der Waals surface area (Å²) in [6.45, 7) is 10.2. The van der Waals surface area contributed by atoms with Gasteiger partial charge in [0.2, 0.25) is 11.8 Å². The molecule has 0 spiro atoms. The van der Waals surface area contributed by atoms with Crippen molar-refractivity contribution >= 4 is 34.4 Å². The van der Waals surface area contributed by atoms with Gasteiger partial charge in [0.05, 0.1) is 16.8 Å². The van der Waals surface area contributed by atoms with E-state index in [0.717, 1.165) is 33.0 Å². The molecule has 8 heteroatoms. The topological polar surface area (TPSA) is 96.7 Å². The van der Waals surface area contributed by atoms with Crippen molar-refractivity contribution in [2.45, 2.75) is 58.4 Å². The lowest BCUT2D eigenvalue weighted by Crippen LogP contribution is -2.14. The fourth-order valence-electron chi connectivity index (χ4n) is 3.70. The van der Waals surface area contributed by atoms with Crippen molar-refractivity contribution < 1.29 is 9.32 Å². The average molecular weight is 450 g/mol. The highest BCUT2D eigenvalue weighted by molar-refractivity contribution is 7.98. The van der Waals surface area contributed by atoms with Crippen molar-refractivity contribution in [1.29, 1.82) is 0 Å². The van der Waals surface area contributed by atoms with Crippen LogP contribution >= 0.6 is 11.8 Å². The Bertz CT molecular complexity index is 1230. The number of carbonyl (C=O) groups excluding carboxylic acids is 1. The van der Waals surface area contributed by atoms with Gasteiger partial charge in [0.1, 0.15) is 0 Å². The van der Waals surface area contributed by atoms with E-state index in [9.17, 15) is 4.79 Å². The fraction of sp³-hybridized carbons (Fsp3) is 0.333. The first-order valence-corrected chi connectivity index (χ1v) is 11.6. The Morgan fingerprint density at radius 3 is 2.47 bits per heavy atom. The SMILES string of the molecule is Cc1cc(C)c(NC(=O)CCc2nc(CSc3nc4cc(C)c(C)cc4[nH]3)no2)c(C)c1. The van der Waals surface area contributed by atoms with Crippen LogP contribution in [0.5, 0.6) is 0 Å². The predicted octanol–water partition coefficient (Wildman–Crippen LogP) is 5.35. The largest absolute Gasteiger partial charge is 0.339 e. The van der Waals surface area contributed by atoms with Gasteiger partial charge in [-0.2, -0.15) is 4.98 Å². The number of hydrogen-bond acceptors (Lipinski definition) is 6. The van der Waals surface area contributed by atoms with Gasteiger partial charge in [-0.15, -0.1) is 0 Å². The number of imidazole rings is 1. The van der Waals surface area contributed by atoms with Crippen molar-refractivity contribution in [1.82, 2.24) is 20.1 Å². The molecule has 1 amide bonds. The summed E-state index contributed by atoms with van der Waals surface area (Å²) in [5.74, 6) is 1.52. The van der Waals surface area contributed by atoms with E-state index in [-0.39, 0.29) is 12.3 Å². The number of amides is 1. The summed E-state index contributed by atoms with van der Waals surface area (Å²) in [5, 5.41) is 7.86. The summed E-state index contributed by atoms with van der Waals surface area (Å²) < 4.78 is 5.32. The first-order valence-electron chi connectivity index (χ1n) is 10.6. The van der Waals surface area contributed by atoms with E-state index < -0.39 is 0 Å². The number of hydrogen-bond donors (Lipinski definition) is 2. The second kappa shape index (κ2) is 9.16. The molecule has 4 aromatic rings. The quantitative estimate of drug-likeness (QED) is 0.369. The molecule has 0 atom stereocenters. The molecule has 2 aromatic carbocycles. The first-order chi connectivity index (χ1) is 15.3. The van der Waals surface area contributed by atoms with Gasteiger partial charge in [-0.1, -0.05) is 34.6 Å². The molecule has 2 N–H and O–H groups in total. The van der Waals surface area contributed by atoms with Gasteiger partial charge >= 0.3 is 0 Å². The number of aryl methyl sites for hydroxylation is 6. The van der Waals surface area contributed by atoms with Crippen LogP contribution in [0.1, 0.15) is 46.0 Å². The van der Waals surface area contributed by atoms with Crippen molar-refractivity contribution in [3.05, 3.63) is 63.8 Å². The number of benzene rings is 2. The van der Waals surface area contributed by atoms with E-state index in [4.69, 9.17) is 4.52 Å². The average Bonchev–Trinajstić information content (AvgIpc) is 3.34. The summed E-state index contributed by atoms with van der Waals surface area (Å²) in [4.78, 5) is 24.8. The highest BCUT2D eigenvalue weighted by atomic mass is 32.2. The lowest BCUT2D eigenvalue weighted by atomic mass is 10.0. The first kappa shape index (κ1) is 22.1. The van der Waals surface area contributed by atoms with Crippen LogP contribution in [0.2, 0.25) is 0 Å². The minimum Gasteiger partial charge on any atom is -0.339 e. The zero-order valence-corrected chi connectivity index (χ0v) is 19.8. The molecular formula is C24H27N5O2S. The van der Waals surface area contributed by atoms with Crippen LogP contribution in [0.25, 0.3) is 11.0 Å². The molecule has 0 aliphatic rings. The van der Waals surface area contributed by atoms with Crippen molar-refractivity contribution in [2.75, 3.05) is 5.32 Å². The Kier molecular flexibility index (Phi) is 6.32. The summed E-state index contributed by atoms with van der Waals surface area (Å²) in [6.07, 6.45) is 0.681. The van der Waals surface area contributed by atoms with Crippen LogP contribution in [0.4, 0.5) is 5.69 Å². The summed E-state index contributed by atoms with van der Waals surface area (Å²) >= 11 is 1.52. The van der Waals surface area contributed by atoms with Gasteiger partial charge in [-0.3, -0.25) is 4.79 Å². The minimum absolute atomic E-state index is 0.0676. The van der Waals surface area contributed by atoms with Crippen LogP contribution in [0.15, 0.2) is 33.9 Å². The summed E-state index contributed by atoms with van der Waals surface area (Å²) in [6, 6.07) is 8.32. The smallest absolute Gasteiger partial charge is 0.227 e. The molecule has 0 aliphatic carbocycles. The van der Waals surface area contributed by atoms with Gasteiger partial charge in [0.25, 0.3) is 0 Å². The number of aromatic nitrogens is 4.